The molecule has 1 aliphatic rings. The number of unbranched alkanes of at least 4 members (excludes halogenated alkanes) is 1. The fourth-order valence-corrected chi connectivity index (χ4v) is 4.22. The molecule has 1 saturated heterocycles. The van der Waals surface area contributed by atoms with E-state index in [1.165, 1.54) is 30.0 Å². The number of para-hydroxylation sites is 1. The van der Waals surface area contributed by atoms with Crippen molar-refractivity contribution in [3.8, 4) is 0 Å². The maximum atomic E-state index is 4.31. The molecule has 6 heteroatoms. The summed E-state index contributed by atoms with van der Waals surface area (Å²) in [7, 11) is 1.84. The Hall–Kier alpha value is -2.05. The predicted molar refractivity (Wildman–Crippen MR) is 122 cm³/mol. The molecule has 1 aromatic heterocycles. The van der Waals surface area contributed by atoms with E-state index in [0.29, 0.717) is 0 Å². The van der Waals surface area contributed by atoms with Gasteiger partial charge in [-0.1, -0.05) is 24.3 Å². The molecule has 2 aromatic rings. The van der Waals surface area contributed by atoms with Gasteiger partial charge in [0.25, 0.3) is 0 Å². The number of anilines is 1. The Kier molecular flexibility index (Phi) is 8.65. The molecule has 0 unspecified atom stereocenters. The van der Waals surface area contributed by atoms with Crippen LogP contribution in [0, 0.1) is 0 Å². The topological polar surface area (TPSA) is 42.9 Å². The third kappa shape index (κ3) is 6.84. The van der Waals surface area contributed by atoms with Gasteiger partial charge in [0, 0.05) is 56.9 Å². The molecule has 0 spiro atoms. The Labute approximate surface area is 173 Å². The Morgan fingerprint density at radius 3 is 2.46 bits per heavy atom. The molecule has 5 nitrogen and oxygen atoms in total. The number of piperazine rings is 1. The van der Waals surface area contributed by atoms with Crippen molar-refractivity contribution in [1.82, 2.24) is 15.5 Å². The first kappa shape index (κ1) is 20.7. The molecule has 1 aromatic carbocycles. The summed E-state index contributed by atoms with van der Waals surface area (Å²) in [6, 6.07) is 15.0. The predicted octanol–water partition coefficient (Wildman–Crippen LogP) is 3.06. The van der Waals surface area contributed by atoms with Gasteiger partial charge in [-0.25, -0.2) is 0 Å². The van der Waals surface area contributed by atoms with E-state index in [4.69, 9.17) is 0 Å². The lowest BCUT2D eigenvalue weighted by Crippen LogP contribution is -2.46. The molecular formula is C22H33N5S. The summed E-state index contributed by atoms with van der Waals surface area (Å²) in [5.41, 5.74) is 1.35. The number of nitrogens with zero attached hydrogens (tertiary/aromatic N) is 3. The van der Waals surface area contributed by atoms with E-state index in [1.54, 1.807) is 0 Å². The first-order chi connectivity index (χ1) is 13.8. The Morgan fingerprint density at radius 1 is 0.964 bits per heavy atom. The van der Waals surface area contributed by atoms with Crippen LogP contribution >= 0.6 is 11.3 Å². The average Bonchev–Trinajstić information content (AvgIpc) is 3.27. The van der Waals surface area contributed by atoms with Crippen molar-refractivity contribution < 1.29 is 0 Å². The lowest BCUT2D eigenvalue weighted by molar-refractivity contribution is 0.253. The van der Waals surface area contributed by atoms with Crippen LogP contribution in [0.2, 0.25) is 0 Å². The molecule has 3 rings (SSSR count). The number of rotatable bonds is 9. The monoisotopic (exact) mass is 399 g/mol. The molecule has 0 amide bonds. The number of guanidine groups is 1. The molecule has 0 aliphatic carbocycles. The maximum Gasteiger partial charge on any atom is 0.190 e. The van der Waals surface area contributed by atoms with Crippen LogP contribution in [0.3, 0.4) is 0 Å². The summed E-state index contributed by atoms with van der Waals surface area (Å²) in [5.74, 6) is 0.910. The van der Waals surface area contributed by atoms with Crippen molar-refractivity contribution in [2.24, 2.45) is 4.99 Å². The second-order valence-corrected chi connectivity index (χ2v) is 8.16. The zero-order valence-electron chi connectivity index (χ0n) is 16.9. The largest absolute Gasteiger partial charge is 0.369 e. The van der Waals surface area contributed by atoms with Gasteiger partial charge in [0.1, 0.15) is 0 Å². The third-order valence-corrected chi connectivity index (χ3v) is 6.09. The molecule has 152 valence electrons. The second-order valence-electron chi connectivity index (χ2n) is 7.13. The minimum atomic E-state index is 0.910. The van der Waals surface area contributed by atoms with Gasteiger partial charge in [-0.15, -0.1) is 11.3 Å². The van der Waals surface area contributed by atoms with Gasteiger partial charge in [0.15, 0.2) is 5.96 Å². The third-order valence-electron chi connectivity index (χ3n) is 5.15. The van der Waals surface area contributed by atoms with Crippen molar-refractivity contribution in [2.75, 3.05) is 57.8 Å². The van der Waals surface area contributed by atoms with Gasteiger partial charge in [-0.2, -0.15) is 0 Å². The van der Waals surface area contributed by atoms with E-state index in [9.17, 15) is 0 Å². The molecule has 28 heavy (non-hydrogen) atoms. The minimum Gasteiger partial charge on any atom is -0.369 e. The fraction of sp³-hybridized carbons (Fsp3) is 0.500. The Bertz CT molecular complexity index is 678. The molecule has 0 saturated carbocycles. The Balaban J connectivity index is 1.23. The van der Waals surface area contributed by atoms with Gasteiger partial charge >= 0.3 is 0 Å². The number of aliphatic imine (C=N–C) groups is 1. The fourth-order valence-electron chi connectivity index (χ4n) is 3.52. The van der Waals surface area contributed by atoms with E-state index in [0.717, 1.165) is 51.6 Å². The summed E-state index contributed by atoms with van der Waals surface area (Å²) in [4.78, 5) is 10.8. The van der Waals surface area contributed by atoms with Crippen LogP contribution in [0.1, 0.15) is 17.7 Å². The first-order valence-corrected chi connectivity index (χ1v) is 11.2. The van der Waals surface area contributed by atoms with Crippen LogP contribution in [0.15, 0.2) is 52.8 Å². The average molecular weight is 400 g/mol. The van der Waals surface area contributed by atoms with E-state index in [-0.39, 0.29) is 0 Å². The molecule has 1 aliphatic heterocycles. The summed E-state index contributed by atoms with van der Waals surface area (Å²) in [5, 5.41) is 8.96. The summed E-state index contributed by atoms with van der Waals surface area (Å²) in [6.45, 7) is 7.66. The lowest BCUT2D eigenvalue weighted by Gasteiger charge is -2.36. The highest BCUT2D eigenvalue weighted by Crippen LogP contribution is 2.15. The van der Waals surface area contributed by atoms with Crippen LogP contribution in [0.25, 0.3) is 0 Å². The molecular weight excluding hydrogens is 366 g/mol. The van der Waals surface area contributed by atoms with Gasteiger partial charge < -0.3 is 15.5 Å². The van der Waals surface area contributed by atoms with Crippen molar-refractivity contribution in [3.05, 3.63) is 52.7 Å². The van der Waals surface area contributed by atoms with Crippen LogP contribution in [-0.4, -0.2) is 63.7 Å². The highest BCUT2D eigenvalue weighted by atomic mass is 32.1. The summed E-state index contributed by atoms with van der Waals surface area (Å²) >= 11 is 1.81. The van der Waals surface area contributed by atoms with E-state index in [2.05, 4.69) is 73.3 Å². The number of hydrogen-bond acceptors (Lipinski definition) is 4. The van der Waals surface area contributed by atoms with Crippen LogP contribution in [0.5, 0.6) is 0 Å². The number of nitrogens with one attached hydrogen (secondary N) is 2. The smallest absolute Gasteiger partial charge is 0.190 e. The van der Waals surface area contributed by atoms with Gasteiger partial charge in [-0.3, -0.25) is 9.89 Å². The molecule has 0 atom stereocenters. The van der Waals surface area contributed by atoms with Crippen molar-refractivity contribution in [1.29, 1.82) is 0 Å². The second kappa shape index (κ2) is 11.7. The highest BCUT2D eigenvalue weighted by molar-refractivity contribution is 7.09. The van der Waals surface area contributed by atoms with Gasteiger partial charge in [0.05, 0.1) is 0 Å². The van der Waals surface area contributed by atoms with Crippen molar-refractivity contribution in [2.45, 2.75) is 19.3 Å². The van der Waals surface area contributed by atoms with Crippen molar-refractivity contribution >= 4 is 23.0 Å². The van der Waals surface area contributed by atoms with E-state index >= 15 is 0 Å². The van der Waals surface area contributed by atoms with Crippen LogP contribution in [-0.2, 0) is 6.42 Å². The molecule has 2 N–H and O–H groups in total. The molecule has 0 radical (unpaired) electrons. The van der Waals surface area contributed by atoms with Gasteiger partial charge in [0.2, 0.25) is 0 Å². The normalized spacial score (nSPS) is 15.6. The number of benzene rings is 1. The standard InChI is InChI=1S/C22H33N5S/c1-23-22(25-13-11-21-10-7-19-28-21)24-12-5-6-14-26-15-17-27(18-16-26)20-8-3-2-4-9-20/h2-4,7-10,19H,5-6,11-18H2,1H3,(H2,23,24,25). The lowest BCUT2D eigenvalue weighted by atomic mass is 10.2. The minimum absolute atomic E-state index is 0.910. The zero-order valence-corrected chi connectivity index (χ0v) is 17.8. The first-order valence-electron chi connectivity index (χ1n) is 10.3. The number of thiophene rings is 1. The summed E-state index contributed by atoms with van der Waals surface area (Å²) < 4.78 is 0. The number of hydrogen-bond donors (Lipinski definition) is 2. The zero-order chi connectivity index (χ0) is 19.4. The summed E-state index contributed by atoms with van der Waals surface area (Å²) in [6.07, 6.45) is 3.45. The van der Waals surface area contributed by atoms with Crippen LogP contribution < -0.4 is 15.5 Å². The highest BCUT2D eigenvalue weighted by Gasteiger charge is 2.16. The van der Waals surface area contributed by atoms with Crippen LogP contribution in [0.4, 0.5) is 5.69 Å². The van der Waals surface area contributed by atoms with E-state index in [1.807, 2.05) is 18.4 Å². The van der Waals surface area contributed by atoms with Gasteiger partial charge in [-0.05, 0) is 49.4 Å². The Morgan fingerprint density at radius 2 is 1.75 bits per heavy atom. The molecule has 0 bridgehead atoms. The molecule has 1 fully saturated rings. The SMILES string of the molecule is CN=C(NCCCCN1CCN(c2ccccc2)CC1)NCCc1cccs1. The van der Waals surface area contributed by atoms with E-state index < -0.39 is 0 Å². The maximum absolute atomic E-state index is 4.31. The van der Waals surface area contributed by atoms with Crippen molar-refractivity contribution in [3.63, 3.8) is 0 Å². The quantitative estimate of drug-likeness (QED) is 0.386. The molecule has 2 heterocycles.